The van der Waals surface area contributed by atoms with Crippen molar-refractivity contribution in [3.05, 3.63) is 0 Å². The number of unbranched alkanes of at least 4 members (excludes halogenated alkanes) is 12. The maximum absolute atomic E-state index is 11.1. The summed E-state index contributed by atoms with van der Waals surface area (Å²) in [5.41, 5.74) is 5.05. The first-order valence-electron chi connectivity index (χ1n) is 10.2. The highest BCUT2D eigenvalue weighted by Gasteiger charge is 2.38. The van der Waals surface area contributed by atoms with Crippen molar-refractivity contribution in [1.82, 2.24) is 0 Å². The third-order valence-corrected chi connectivity index (χ3v) is 5.08. The average molecular weight is 344 g/mol. The second-order valence-corrected chi connectivity index (χ2v) is 7.23. The van der Waals surface area contributed by atoms with Crippen LogP contribution in [0, 0.1) is 5.92 Å². The minimum atomic E-state index is -2.36. The first kappa shape index (κ1) is 23.4. The molecule has 1 unspecified atom stereocenters. The Hall–Kier alpha value is -0.610. The number of amides is 1. The van der Waals surface area contributed by atoms with Gasteiger partial charge in [0.05, 0.1) is 0 Å². The lowest BCUT2D eigenvalue weighted by molar-refractivity contribution is -0.204. The van der Waals surface area contributed by atoms with E-state index in [0.717, 1.165) is 12.8 Å². The van der Waals surface area contributed by atoms with E-state index < -0.39 is 17.6 Å². The molecule has 4 nitrogen and oxygen atoms in total. The highest BCUT2D eigenvalue weighted by atomic mass is 16.5. The molecule has 0 saturated carbocycles. The van der Waals surface area contributed by atoms with E-state index in [1.165, 1.54) is 70.6 Å². The molecule has 1 atom stereocenters. The second kappa shape index (κ2) is 14.7. The Morgan fingerprint density at radius 3 is 1.50 bits per heavy atom. The van der Waals surface area contributed by atoms with E-state index in [2.05, 4.69) is 6.92 Å². The molecule has 0 spiro atoms. The number of primary amides is 1. The van der Waals surface area contributed by atoms with E-state index in [9.17, 15) is 15.0 Å². The first-order chi connectivity index (χ1) is 11.5. The summed E-state index contributed by atoms with van der Waals surface area (Å²) in [5, 5.41) is 19.4. The van der Waals surface area contributed by atoms with Crippen LogP contribution in [0.1, 0.15) is 110 Å². The van der Waals surface area contributed by atoms with E-state index >= 15 is 0 Å². The van der Waals surface area contributed by atoms with Crippen molar-refractivity contribution in [1.29, 1.82) is 0 Å². The Balaban J connectivity index is 3.46. The number of hydrogen-bond donors (Lipinski definition) is 3. The van der Waals surface area contributed by atoms with Gasteiger partial charge in [0.1, 0.15) is 0 Å². The van der Waals surface area contributed by atoms with Gasteiger partial charge in [0.25, 0.3) is 5.91 Å². The lowest BCUT2D eigenvalue weighted by Gasteiger charge is -2.27. The zero-order valence-corrected chi connectivity index (χ0v) is 16.1. The van der Waals surface area contributed by atoms with Crippen LogP contribution < -0.4 is 5.73 Å². The minimum absolute atomic E-state index is 0.456. The molecule has 0 saturated heterocycles. The first-order valence-corrected chi connectivity index (χ1v) is 10.2. The Bertz CT molecular complexity index is 305. The molecule has 0 aliphatic heterocycles. The Morgan fingerprint density at radius 1 is 0.792 bits per heavy atom. The summed E-state index contributed by atoms with van der Waals surface area (Å²) >= 11 is 0. The number of nitrogens with two attached hydrogens (primary N) is 1. The number of rotatable bonds is 17. The van der Waals surface area contributed by atoms with Gasteiger partial charge in [0.2, 0.25) is 5.79 Å². The molecule has 0 bridgehead atoms. The van der Waals surface area contributed by atoms with E-state index in [-0.39, 0.29) is 0 Å². The van der Waals surface area contributed by atoms with Crippen LogP contribution in [0.25, 0.3) is 0 Å². The zero-order chi connectivity index (χ0) is 18.3. The molecule has 0 aromatic carbocycles. The van der Waals surface area contributed by atoms with Gasteiger partial charge < -0.3 is 15.9 Å². The van der Waals surface area contributed by atoms with Crippen LogP contribution in [0.5, 0.6) is 0 Å². The largest absolute Gasteiger partial charge is 0.365 e. The van der Waals surface area contributed by atoms with Crippen LogP contribution in [0.15, 0.2) is 0 Å². The highest BCUT2D eigenvalue weighted by molar-refractivity contribution is 5.81. The zero-order valence-electron chi connectivity index (χ0n) is 16.1. The molecule has 0 heterocycles. The van der Waals surface area contributed by atoms with Gasteiger partial charge in [-0.3, -0.25) is 4.79 Å². The summed E-state index contributed by atoms with van der Waals surface area (Å²) in [4.78, 5) is 11.1. The van der Waals surface area contributed by atoms with E-state index in [1.807, 2.05) is 6.92 Å². The van der Waals surface area contributed by atoms with E-state index in [0.29, 0.717) is 12.8 Å². The number of hydrogen-bond acceptors (Lipinski definition) is 3. The maximum Gasteiger partial charge on any atom is 0.277 e. The number of carbonyl (C=O) groups is 1. The van der Waals surface area contributed by atoms with Crippen LogP contribution in [-0.4, -0.2) is 21.9 Å². The van der Waals surface area contributed by atoms with Crippen molar-refractivity contribution in [2.75, 3.05) is 0 Å². The monoisotopic (exact) mass is 343 g/mol. The average Bonchev–Trinajstić information content (AvgIpc) is 2.55. The van der Waals surface area contributed by atoms with Gasteiger partial charge in [-0.15, -0.1) is 0 Å². The van der Waals surface area contributed by atoms with Crippen molar-refractivity contribution in [2.45, 2.75) is 116 Å². The molecular weight excluding hydrogens is 302 g/mol. The molecular formula is C20H41NO3. The summed E-state index contributed by atoms with van der Waals surface area (Å²) in [6.45, 7) is 4.11. The van der Waals surface area contributed by atoms with Crippen molar-refractivity contribution in [3.8, 4) is 0 Å². The molecule has 4 N–H and O–H groups in total. The number of aliphatic hydroxyl groups is 2. The highest BCUT2D eigenvalue weighted by Crippen LogP contribution is 2.24. The van der Waals surface area contributed by atoms with Crippen LogP contribution in [-0.2, 0) is 4.79 Å². The SMILES string of the molecule is CCCCCCCCCCCCCCCC(CC)C(O)(O)C(N)=O. The van der Waals surface area contributed by atoms with Crippen LogP contribution >= 0.6 is 0 Å². The topological polar surface area (TPSA) is 83.6 Å². The summed E-state index contributed by atoms with van der Waals surface area (Å²) in [6, 6.07) is 0. The number of carbonyl (C=O) groups excluding carboxylic acids is 1. The molecule has 0 aromatic rings. The summed E-state index contributed by atoms with van der Waals surface area (Å²) in [6.07, 6.45) is 17.9. The molecule has 24 heavy (non-hydrogen) atoms. The normalized spacial score (nSPS) is 13.2. The van der Waals surface area contributed by atoms with Crippen molar-refractivity contribution in [3.63, 3.8) is 0 Å². The van der Waals surface area contributed by atoms with E-state index in [1.54, 1.807) is 0 Å². The van der Waals surface area contributed by atoms with E-state index in [4.69, 9.17) is 5.73 Å². The smallest absolute Gasteiger partial charge is 0.277 e. The van der Waals surface area contributed by atoms with Gasteiger partial charge >= 0.3 is 0 Å². The molecule has 0 fully saturated rings. The van der Waals surface area contributed by atoms with Gasteiger partial charge in [-0.05, 0) is 12.8 Å². The van der Waals surface area contributed by atoms with Gasteiger partial charge in [-0.25, -0.2) is 0 Å². The van der Waals surface area contributed by atoms with Gasteiger partial charge in [0, 0.05) is 5.92 Å². The fraction of sp³-hybridized carbons (Fsp3) is 0.950. The molecule has 4 heteroatoms. The fourth-order valence-corrected chi connectivity index (χ4v) is 3.30. The quantitative estimate of drug-likeness (QED) is 0.265. The third-order valence-electron chi connectivity index (χ3n) is 5.08. The summed E-state index contributed by atoms with van der Waals surface area (Å²) in [7, 11) is 0. The van der Waals surface area contributed by atoms with Crippen LogP contribution in [0.4, 0.5) is 0 Å². The molecule has 144 valence electrons. The van der Waals surface area contributed by atoms with Crippen molar-refractivity contribution < 1.29 is 15.0 Å². The lowest BCUT2D eigenvalue weighted by atomic mass is 9.89. The maximum atomic E-state index is 11.1. The molecule has 0 aromatic heterocycles. The summed E-state index contributed by atoms with van der Waals surface area (Å²) < 4.78 is 0. The predicted octanol–water partition coefficient (Wildman–Crippen LogP) is 4.66. The minimum Gasteiger partial charge on any atom is -0.365 e. The molecule has 0 rings (SSSR count). The standard InChI is InChI=1S/C20H41NO3/c1-3-5-6-7-8-9-10-11-12-13-14-15-16-17-18(4-2)20(23,24)19(21)22/h18,23-24H,3-17H2,1-2H3,(H2,21,22). The van der Waals surface area contributed by atoms with Crippen molar-refractivity contribution in [2.24, 2.45) is 11.7 Å². The van der Waals surface area contributed by atoms with Gasteiger partial charge in [0.15, 0.2) is 0 Å². The predicted molar refractivity (Wildman–Crippen MR) is 100 cm³/mol. The molecule has 0 radical (unpaired) electrons. The van der Waals surface area contributed by atoms with Crippen LogP contribution in [0.3, 0.4) is 0 Å². The second-order valence-electron chi connectivity index (χ2n) is 7.23. The molecule has 0 aliphatic carbocycles. The molecule has 1 amide bonds. The fourth-order valence-electron chi connectivity index (χ4n) is 3.30. The Labute approximate surface area is 149 Å². The lowest BCUT2D eigenvalue weighted by Crippen LogP contribution is -2.49. The Kier molecular flexibility index (Phi) is 14.3. The van der Waals surface area contributed by atoms with Gasteiger partial charge in [-0.1, -0.05) is 97.3 Å². The Morgan fingerprint density at radius 2 is 1.17 bits per heavy atom. The third kappa shape index (κ3) is 11.0. The van der Waals surface area contributed by atoms with Crippen LogP contribution in [0.2, 0.25) is 0 Å². The molecule has 0 aliphatic rings. The van der Waals surface area contributed by atoms with Crippen molar-refractivity contribution >= 4 is 5.91 Å². The van der Waals surface area contributed by atoms with Gasteiger partial charge in [-0.2, -0.15) is 0 Å². The summed E-state index contributed by atoms with van der Waals surface area (Å²) in [5.74, 6) is -3.85.